The topological polar surface area (TPSA) is 59.1 Å². The maximum atomic E-state index is 14.2. The van der Waals surface area contributed by atoms with Gasteiger partial charge in [0, 0.05) is 49.2 Å². The van der Waals surface area contributed by atoms with Crippen molar-refractivity contribution in [3.8, 4) is 5.75 Å². The normalized spacial score (nSPS) is 14.1. The number of ketones is 1. The molecule has 6 heteroatoms. The fraction of sp³-hybridized carbons (Fsp3) is 0.750. The van der Waals surface area contributed by atoms with Gasteiger partial charge in [-0.25, -0.2) is 4.79 Å². The van der Waals surface area contributed by atoms with E-state index in [2.05, 4.69) is 61.8 Å². The molecule has 6 nitrogen and oxygen atoms in total. The number of Topliss-reactive ketones (excluding diaryl/α,β-unsaturated/α-hetero) is 1. The number of carbonyl (C=O) groups excluding carboxylic acids is 2. The zero-order valence-electron chi connectivity index (χ0n) is 46.1. The molecule has 0 bridgehead atoms. The molecule has 0 N–H and O–H groups in total. The molecule has 2 heterocycles. The molecule has 0 unspecified atom stereocenters. The summed E-state index contributed by atoms with van der Waals surface area (Å²) < 4.78 is 12.5. The highest BCUT2D eigenvalue weighted by molar-refractivity contribution is 6.18. The van der Waals surface area contributed by atoms with Crippen molar-refractivity contribution in [1.29, 1.82) is 0 Å². The van der Waals surface area contributed by atoms with Crippen LogP contribution in [0.25, 0.3) is 5.76 Å². The van der Waals surface area contributed by atoms with Crippen molar-refractivity contribution < 1.29 is 19.1 Å². The molecule has 0 radical (unpaired) electrons. The third-order valence-corrected chi connectivity index (χ3v) is 15.4. The zero-order valence-corrected chi connectivity index (χ0v) is 46.1. The van der Waals surface area contributed by atoms with Crippen molar-refractivity contribution in [1.82, 2.24) is 0 Å². The van der Waals surface area contributed by atoms with E-state index in [0.29, 0.717) is 22.4 Å². The average Bonchev–Trinajstić information content (AvgIpc) is 3.88. The molecule has 2 aromatic rings. The first-order valence-corrected chi connectivity index (χ1v) is 30.5. The second-order valence-electron chi connectivity index (χ2n) is 21.6. The lowest BCUT2D eigenvalue weighted by atomic mass is 10.0. The number of rotatable bonds is 46. The molecule has 2 aromatic carbocycles. The minimum Gasteiger partial charge on any atom is -0.448 e. The Morgan fingerprint density at radius 2 is 0.614 bits per heavy atom. The Labute approximate surface area is 431 Å². The van der Waals surface area contributed by atoms with Gasteiger partial charge in [-0.1, -0.05) is 259 Å². The van der Waals surface area contributed by atoms with E-state index in [1.807, 2.05) is 12.1 Å². The molecule has 0 fully saturated rings. The molecule has 0 aromatic heterocycles. The Kier molecular flexibility index (Phi) is 32.5. The summed E-state index contributed by atoms with van der Waals surface area (Å²) in [5.41, 5.74) is 3.95. The van der Waals surface area contributed by atoms with E-state index in [1.165, 1.54) is 244 Å². The Bertz CT molecular complexity index is 1670. The minimum atomic E-state index is -0.410. The number of anilines is 2. The van der Waals surface area contributed by atoms with Crippen LogP contribution in [0.3, 0.4) is 0 Å². The summed E-state index contributed by atoms with van der Waals surface area (Å²) in [7, 11) is 0. The lowest BCUT2D eigenvalue weighted by molar-refractivity contribution is 0.0710. The summed E-state index contributed by atoms with van der Waals surface area (Å²) in [6, 6.07) is 12.2. The predicted octanol–water partition coefficient (Wildman–Crippen LogP) is 20.1. The SMILES string of the molecule is CCCCCCCCCCCCN(CCCCCCCCCCCC)c1ccc2c(c1)O/C(=C1\OC(=O)c3ccc(N(CCCCCCCCCCCC)CCCCCCCCCCCC)cc31)C2=O. The molecule has 396 valence electrons. The number of nitrogens with zero attached hydrogens (tertiary/aromatic N) is 2. The number of unbranched alkanes of at least 4 members (excludes halogenated alkanes) is 36. The van der Waals surface area contributed by atoms with Crippen molar-refractivity contribution in [2.45, 2.75) is 285 Å². The molecule has 0 aliphatic carbocycles. The Balaban J connectivity index is 1.41. The molecule has 70 heavy (non-hydrogen) atoms. The highest BCUT2D eigenvalue weighted by Gasteiger charge is 2.38. The first-order chi connectivity index (χ1) is 34.5. The molecule has 0 saturated heterocycles. The molecular formula is C64H106N2O4. The van der Waals surface area contributed by atoms with Crippen molar-refractivity contribution in [3.63, 3.8) is 0 Å². The van der Waals surface area contributed by atoms with Crippen LogP contribution in [0.4, 0.5) is 11.4 Å². The van der Waals surface area contributed by atoms with Crippen LogP contribution >= 0.6 is 0 Å². The number of benzene rings is 2. The van der Waals surface area contributed by atoms with Crippen LogP contribution in [-0.4, -0.2) is 37.9 Å². The molecule has 4 rings (SSSR count). The van der Waals surface area contributed by atoms with Gasteiger partial charge in [-0.2, -0.15) is 0 Å². The van der Waals surface area contributed by atoms with Crippen molar-refractivity contribution in [3.05, 3.63) is 58.8 Å². The Hall–Kier alpha value is -3.28. The van der Waals surface area contributed by atoms with Gasteiger partial charge in [0.05, 0.1) is 11.1 Å². The molecule has 0 spiro atoms. The average molecular weight is 968 g/mol. The van der Waals surface area contributed by atoms with Crippen LogP contribution in [-0.2, 0) is 4.74 Å². The molecule has 0 saturated carbocycles. The fourth-order valence-electron chi connectivity index (χ4n) is 10.8. The van der Waals surface area contributed by atoms with Crippen molar-refractivity contribution in [2.24, 2.45) is 0 Å². The van der Waals surface area contributed by atoms with E-state index >= 15 is 0 Å². The zero-order chi connectivity index (χ0) is 49.7. The van der Waals surface area contributed by atoms with E-state index < -0.39 is 5.97 Å². The Morgan fingerprint density at radius 3 is 0.957 bits per heavy atom. The van der Waals surface area contributed by atoms with Crippen LogP contribution in [0.15, 0.2) is 42.2 Å². The number of hydrogen-bond acceptors (Lipinski definition) is 6. The lowest BCUT2D eigenvalue weighted by Gasteiger charge is -2.25. The fourth-order valence-corrected chi connectivity index (χ4v) is 10.8. The van der Waals surface area contributed by atoms with Crippen LogP contribution in [0.5, 0.6) is 5.75 Å². The van der Waals surface area contributed by atoms with Gasteiger partial charge >= 0.3 is 5.97 Å². The summed E-state index contributed by atoms with van der Waals surface area (Å²) in [6.07, 6.45) is 52.8. The van der Waals surface area contributed by atoms with Crippen LogP contribution in [0.1, 0.15) is 311 Å². The lowest BCUT2D eigenvalue weighted by Crippen LogP contribution is -2.26. The van der Waals surface area contributed by atoms with Gasteiger partial charge in [-0.05, 0) is 56.0 Å². The van der Waals surface area contributed by atoms with Gasteiger partial charge in [0.2, 0.25) is 11.5 Å². The van der Waals surface area contributed by atoms with E-state index in [9.17, 15) is 9.59 Å². The van der Waals surface area contributed by atoms with E-state index in [1.54, 1.807) is 0 Å². The summed E-state index contributed by atoms with van der Waals surface area (Å²) in [6.45, 7) is 13.2. The number of allylic oxidation sites excluding steroid dienone is 1. The summed E-state index contributed by atoms with van der Waals surface area (Å²) in [5, 5.41) is 0. The van der Waals surface area contributed by atoms with Crippen molar-refractivity contribution in [2.75, 3.05) is 36.0 Å². The Morgan fingerprint density at radius 1 is 0.314 bits per heavy atom. The molecular weight excluding hydrogens is 861 g/mol. The van der Waals surface area contributed by atoms with E-state index in [4.69, 9.17) is 9.47 Å². The third-order valence-electron chi connectivity index (χ3n) is 15.4. The summed E-state index contributed by atoms with van der Waals surface area (Å²) in [4.78, 5) is 32.6. The monoisotopic (exact) mass is 967 g/mol. The standard InChI is InChI=1S/C64H106N2O4/c1-5-9-13-17-21-25-29-33-37-41-49-65(50-42-38-34-30-26-22-18-14-10-6-2)55-45-47-57-59(53-55)62(70-64(57)68)63-61(67)58-48-46-56(54-60(58)69-63)66(51-43-39-35-31-27-23-19-15-11-7-3)52-44-40-36-32-28-24-20-16-12-8-4/h45-48,53-54H,5-44,49-52H2,1-4H3/b63-62-. The third kappa shape index (κ3) is 23.1. The number of hydrogen-bond donors (Lipinski definition) is 0. The van der Waals surface area contributed by atoms with Gasteiger partial charge in [0.15, 0.2) is 5.76 Å². The first-order valence-electron chi connectivity index (χ1n) is 30.5. The highest BCUT2D eigenvalue weighted by atomic mass is 16.6. The predicted molar refractivity (Wildman–Crippen MR) is 302 cm³/mol. The van der Waals surface area contributed by atoms with Gasteiger partial charge in [0.1, 0.15) is 5.75 Å². The maximum absolute atomic E-state index is 14.2. The molecule has 2 aliphatic heterocycles. The molecule has 2 aliphatic rings. The second-order valence-corrected chi connectivity index (χ2v) is 21.6. The number of esters is 1. The van der Waals surface area contributed by atoms with Gasteiger partial charge < -0.3 is 19.3 Å². The highest BCUT2D eigenvalue weighted by Crippen LogP contribution is 2.42. The largest absolute Gasteiger partial charge is 0.448 e. The first kappa shape index (κ1) is 59.3. The smallest absolute Gasteiger partial charge is 0.344 e. The summed E-state index contributed by atoms with van der Waals surface area (Å²) in [5.74, 6) is 0.377. The number of cyclic esters (lactones) is 1. The van der Waals surface area contributed by atoms with Crippen molar-refractivity contribution >= 4 is 28.9 Å². The van der Waals surface area contributed by atoms with Gasteiger partial charge in [0.25, 0.3) is 0 Å². The number of ether oxygens (including phenoxy) is 2. The second kappa shape index (κ2) is 38.4. The number of carbonyl (C=O) groups is 2. The van der Waals surface area contributed by atoms with Crippen LogP contribution < -0.4 is 14.5 Å². The van der Waals surface area contributed by atoms with Crippen LogP contribution in [0.2, 0.25) is 0 Å². The minimum absolute atomic E-state index is 0.142. The number of fused-ring (bicyclic) bond motifs is 2. The summed E-state index contributed by atoms with van der Waals surface area (Å²) >= 11 is 0. The van der Waals surface area contributed by atoms with E-state index in [-0.39, 0.29) is 17.3 Å². The maximum Gasteiger partial charge on any atom is 0.344 e. The van der Waals surface area contributed by atoms with Gasteiger partial charge in [-0.15, -0.1) is 0 Å². The molecule has 0 atom stereocenters. The van der Waals surface area contributed by atoms with Crippen LogP contribution in [0, 0.1) is 0 Å². The van der Waals surface area contributed by atoms with Gasteiger partial charge in [-0.3, -0.25) is 4.79 Å². The quantitative estimate of drug-likeness (QED) is 0.0374. The van der Waals surface area contributed by atoms with E-state index in [0.717, 1.165) is 50.4 Å². The molecule has 0 amide bonds.